The van der Waals surface area contributed by atoms with E-state index >= 15 is 0 Å². The third-order valence-electron chi connectivity index (χ3n) is 3.20. The van der Waals surface area contributed by atoms with Crippen molar-refractivity contribution in [3.05, 3.63) is 59.6 Å². The van der Waals surface area contributed by atoms with E-state index in [1.165, 1.54) is 23.9 Å². The van der Waals surface area contributed by atoms with Gasteiger partial charge in [0.15, 0.2) is 6.61 Å². The molecule has 0 radical (unpaired) electrons. The second-order valence-electron chi connectivity index (χ2n) is 5.62. The van der Waals surface area contributed by atoms with Crippen molar-refractivity contribution >= 4 is 29.3 Å². The van der Waals surface area contributed by atoms with Crippen LogP contribution in [0, 0.1) is 0 Å². The average molecular weight is 449 g/mol. The number of alkyl halides is 3. The van der Waals surface area contributed by atoms with Gasteiger partial charge in [-0.3, -0.25) is 0 Å². The molecule has 2 aromatic carbocycles. The van der Waals surface area contributed by atoms with Gasteiger partial charge in [-0.15, -0.1) is 24.9 Å². The third-order valence-corrected chi connectivity index (χ3v) is 4.63. The van der Waals surface area contributed by atoms with E-state index in [1.54, 1.807) is 18.2 Å². The first kappa shape index (κ1) is 22.8. The van der Waals surface area contributed by atoms with Crippen molar-refractivity contribution in [2.24, 2.45) is 0 Å². The van der Waals surface area contributed by atoms with E-state index in [0.717, 1.165) is 22.6 Å². The molecular formula is C19H16ClF3O5S. The summed E-state index contributed by atoms with van der Waals surface area (Å²) in [7, 11) is 0. The first-order valence-corrected chi connectivity index (χ1v) is 9.41. The van der Waals surface area contributed by atoms with Gasteiger partial charge in [0.2, 0.25) is 0 Å². The molecule has 1 N–H and O–H groups in total. The molecule has 0 aliphatic rings. The molecule has 10 heteroatoms. The zero-order valence-corrected chi connectivity index (χ0v) is 16.4. The lowest BCUT2D eigenvalue weighted by molar-refractivity contribution is -0.274. The van der Waals surface area contributed by atoms with E-state index < -0.39 is 18.9 Å². The minimum Gasteiger partial charge on any atom is -0.489 e. The predicted molar refractivity (Wildman–Crippen MR) is 103 cm³/mol. The molecule has 0 saturated carbocycles. The summed E-state index contributed by atoms with van der Waals surface area (Å²) in [5.41, 5.74) is 0.743. The van der Waals surface area contributed by atoms with Gasteiger partial charge in [-0.2, -0.15) is 0 Å². The van der Waals surface area contributed by atoms with Crippen LogP contribution in [0.25, 0.3) is 0 Å². The molecule has 0 unspecified atom stereocenters. The first-order valence-electron chi connectivity index (χ1n) is 8.04. The molecule has 5 nitrogen and oxygen atoms in total. The number of ether oxygens (including phenoxy) is 3. The lowest BCUT2D eigenvalue weighted by Crippen LogP contribution is -2.16. The standard InChI is InChI=1S/C19H16ClF3O5S/c1-12(9-26-13-2-4-14(5-3-13)28-19(21,22)23)11-29-15-6-7-17(16(20)8-15)27-10-18(24)25/h2-8H,1,9-11H2,(H,24,25). The number of aliphatic carboxylic acids is 1. The molecule has 0 saturated heterocycles. The molecule has 2 rings (SSSR count). The van der Waals surface area contributed by atoms with Crippen molar-refractivity contribution in [3.8, 4) is 17.2 Å². The molecule has 156 valence electrons. The third kappa shape index (κ3) is 8.57. The minimum absolute atomic E-state index is 0.181. The summed E-state index contributed by atoms with van der Waals surface area (Å²) in [5, 5.41) is 8.90. The maximum atomic E-state index is 12.1. The van der Waals surface area contributed by atoms with Gasteiger partial charge in [0.1, 0.15) is 23.9 Å². The smallest absolute Gasteiger partial charge is 0.489 e. The number of benzene rings is 2. The van der Waals surface area contributed by atoms with Gasteiger partial charge in [0.25, 0.3) is 0 Å². The topological polar surface area (TPSA) is 65.0 Å². The van der Waals surface area contributed by atoms with Crippen LogP contribution >= 0.6 is 23.4 Å². The predicted octanol–water partition coefficient (Wildman–Crippen LogP) is 5.43. The Labute approximate surface area is 174 Å². The van der Waals surface area contributed by atoms with Crippen molar-refractivity contribution in [1.82, 2.24) is 0 Å². The van der Waals surface area contributed by atoms with Crippen molar-refractivity contribution in [1.29, 1.82) is 0 Å². The largest absolute Gasteiger partial charge is 0.573 e. The van der Waals surface area contributed by atoms with Crippen LogP contribution in [0.4, 0.5) is 13.2 Å². The van der Waals surface area contributed by atoms with E-state index in [1.807, 2.05) is 0 Å². The fourth-order valence-corrected chi connectivity index (χ4v) is 3.10. The highest BCUT2D eigenvalue weighted by molar-refractivity contribution is 7.99. The monoisotopic (exact) mass is 448 g/mol. The van der Waals surface area contributed by atoms with Crippen molar-refractivity contribution in [3.63, 3.8) is 0 Å². The summed E-state index contributed by atoms with van der Waals surface area (Å²) >= 11 is 7.50. The molecule has 0 spiro atoms. The van der Waals surface area contributed by atoms with Crippen LogP contribution in [0.2, 0.25) is 5.02 Å². The molecule has 0 atom stereocenters. The van der Waals surface area contributed by atoms with E-state index in [9.17, 15) is 18.0 Å². The number of carboxylic acids is 1. The average Bonchev–Trinajstić information content (AvgIpc) is 2.63. The van der Waals surface area contributed by atoms with Crippen LogP contribution in [0.1, 0.15) is 0 Å². The Morgan fingerprint density at radius 1 is 1.07 bits per heavy atom. The number of thioether (sulfide) groups is 1. The second-order valence-corrected chi connectivity index (χ2v) is 7.08. The molecular weight excluding hydrogens is 433 g/mol. The molecule has 0 fully saturated rings. The van der Waals surface area contributed by atoms with Gasteiger partial charge in [-0.1, -0.05) is 18.2 Å². The maximum Gasteiger partial charge on any atom is 0.573 e. The Morgan fingerprint density at radius 2 is 1.72 bits per heavy atom. The molecule has 0 aliphatic carbocycles. The van der Waals surface area contributed by atoms with Crippen LogP contribution in [0.5, 0.6) is 17.2 Å². The van der Waals surface area contributed by atoms with E-state index in [2.05, 4.69) is 11.3 Å². The molecule has 0 aromatic heterocycles. The molecule has 29 heavy (non-hydrogen) atoms. The fourth-order valence-electron chi connectivity index (χ4n) is 1.98. The lowest BCUT2D eigenvalue weighted by atomic mass is 10.3. The van der Waals surface area contributed by atoms with Gasteiger partial charge in [-0.25, -0.2) is 4.79 Å². The lowest BCUT2D eigenvalue weighted by Gasteiger charge is -2.11. The summed E-state index contributed by atoms with van der Waals surface area (Å²) in [6.07, 6.45) is -4.74. The normalized spacial score (nSPS) is 11.0. The highest BCUT2D eigenvalue weighted by Gasteiger charge is 2.30. The fraction of sp³-hybridized carbons (Fsp3) is 0.211. The van der Waals surface area contributed by atoms with E-state index in [4.69, 9.17) is 26.2 Å². The van der Waals surface area contributed by atoms with Crippen LogP contribution < -0.4 is 14.2 Å². The highest BCUT2D eigenvalue weighted by atomic mass is 35.5. The molecule has 0 amide bonds. The maximum absolute atomic E-state index is 12.1. The summed E-state index contributed by atoms with van der Waals surface area (Å²) in [5.74, 6) is -0.251. The Bertz CT molecular complexity index is 856. The quantitative estimate of drug-likeness (QED) is 0.386. The Hall–Kier alpha value is -2.52. The number of carbonyl (C=O) groups is 1. The van der Waals surface area contributed by atoms with Crippen molar-refractivity contribution < 1.29 is 37.3 Å². The molecule has 0 aliphatic heterocycles. The van der Waals surface area contributed by atoms with Crippen LogP contribution in [0.3, 0.4) is 0 Å². The Balaban J connectivity index is 1.78. The number of hydrogen-bond donors (Lipinski definition) is 1. The summed E-state index contributed by atoms with van der Waals surface area (Å²) in [6.45, 7) is 3.60. The van der Waals surface area contributed by atoms with Gasteiger partial charge in [0.05, 0.1) is 5.02 Å². The number of halogens is 4. The van der Waals surface area contributed by atoms with E-state index in [-0.39, 0.29) is 18.1 Å². The number of rotatable bonds is 10. The zero-order chi connectivity index (χ0) is 21.4. The Kier molecular flexibility index (Phi) is 8.10. The summed E-state index contributed by atoms with van der Waals surface area (Å²) < 4.78 is 50.7. The number of carboxylic acid groups (broad SMARTS) is 1. The number of hydrogen-bond acceptors (Lipinski definition) is 5. The second kappa shape index (κ2) is 10.3. The first-order chi connectivity index (χ1) is 13.6. The SMILES string of the molecule is C=C(COc1ccc(OC(F)(F)F)cc1)CSc1ccc(OCC(=O)O)c(Cl)c1. The van der Waals surface area contributed by atoms with Crippen molar-refractivity contribution in [2.45, 2.75) is 11.3 Å². The molecule has 2 aromatic rings. The molecule has 0 heterocycles. The van der Waals surface area contributed by atoms with Gasteiger partial charge >= 0.3 is 12.3 Å². The van der Waals surface area contributed by atoms with E-state index in [0.29, 0.717) is 16.5 Å². The minimum atomic E-state index is -4.74. The highest BCUT2D eigenvalue weighted by Crippen LogP contribution is 2.31. The van der Waals surface area contributed by atoms with Crippen LogP contribution in [-0.4, -0.2) is 36.4 Å². The van der Waals surface area contributed by atoms with Crippen LogP contribution in [-0.2, 0) is 4.79 Å². The van der Waals surface area contributed by atoms with Crippen molar-refractivity contribution in [2.75, 3.05) is 19.0 Å². The summed E-state index contributed by atoms with van der Waals surface area (Å²) in [6, 6.07) is 10.0. The van der Waals surface area contributed by atoms with Gasteiger partial charge < -0.3 is 19.3 Å². The molecule has 0 bridgehead atoms. The van der Waals surface area contributed by atoms with Crippen LogP contribution in [0.15, 0.2) is 59.5 Å². The van der Waals surface area contributed by atoms with Gasteiger partial charge in [-0.05, 0) is 48.0 Å². The zero-order valence-electron chi connectivity index (χ0n) is 14.9. The van der Waals surface area contributed by atoms with Gasteiger partial charge in [0, 0.05) is 10.6 Å². The summed E-state index contributed by atoms with van der Waals surface area (Å²) in [4.78, 5) is 11.3. The Morgan fingerprint density at radius 3 is 2.31 bits per heavy atom.